The van der Waals surface area contributed by atoms with Gasteiger partial charge >= 0.3 is 0 Å². The second-order valence-corrected chi connectivity index (χ2v) is 5.35. The minimum atomic E-state index is -0.121. The Kier molecular flexibility index (Phi) is 5.11. The molecular weight excluding hydrogens is 264 g/mol. The fraction of sp³-hybridized carbons (Fsp3) is 0.375. The highest BCUT2D eigenvalue weighted by Gasteiger charge is 2.13. The van der Waals surface area contributed by atoms with Gasteiger partial charge in [0.25, 0.3) is 0 Å². The van der Waals surface area contributed by atoms with E-state index < -0.39 is 0 Å². The summed E-state index contributed by atoms with van der Waals surface area (Å²) in [4.78, 5) is 17.4. The molecule has 1 aromatic heterocycles. The van der Waals surface area contributed by atoms with Gasteiger partial charge in [0.1, 0.15) is 0 Å². The molecule has 0 saturated heterocycles. The molecule has 2 N–H and O–H groups in total. The zero-order valence-electron chi connectivity index (χ0n) is 12.6. The van der Waals surface area contributed by atoms with Crippen LogP contribution in [0.15, 0.2) is 42.9 Å². The van der Waals surface area contributed by atoms with Crippen molar-refractivity contribution in [3.63, 3.8) is 0 Å². The van der Waals surface area contributed by atoms with Crippen LogP contribution in [0.5, 0.6) is 0 Å². The van der Waals surface area contributed by atoms with Gasteiger partial charge in [-0.1, -0.05) is 30.3 Å². The Morgan fingerprint density at radius 3 is 2.71 bits per heavy atom. The molecule has 0 aliphatic carbocycles. The molecule has 2 rings (SSSR count). The van der Waals surface area contributed by atoms with E-state index in [0.29, 0.717) is 13.0 Å². The van der Waals surface area contributed by atoms with Crippen LogP contribution in [0, 0.1) is 0 Å². The quantitative estimate of drug-likeness (QED) is 0.877. The smallest absolute Gasteiger partial charge is 0.223 e. The molecule has 112 valence electrons. The summed E-state index contributed by atoms with van der Waals surface area (Å²) in [5, 5.41) is 0. The number of aryl methyl sites for hydroxylation is 1. The molecular formula is C16H22N4O. The number of benzene rings is 1. The third-order valence-corrected chi connectivity index (χ3v) is 3.49. The molecule has 0 spiro atoms. The fourth-order valence-corrected chi connectivity index (χ4v) is 2.24. The summed E-state index contributed by atoms with van der Waals surface area (Å²) in [6, 6.07) is 10.0. The summed E-state index contributed by atoms with van der Waals surface area (Å²) in [5.41, 5.74) is 8.44. The van der Waals surface area contributed by atoms with Gasteiger partial charge in [-0.05, 0) is 12.0 Å². The zero-order chi connectivity index (χ0) is 15.2. The third kappa shape index (κ3) is 4.16. The monoisotopic (exact) mass is 286 g/mol. The van der Waals surface area contributed by atoms with E-state index in [2.05, 4.69) is 17.1 Å². The summed E-state index contributed by atoms with van der Waals surface area (Å²) < 4.78 is 1.97. The van der Waals surface area contributed by atoms with Crippen molar-refractivity contribution in [2.24, 2.45) is 5.73 Å². The number of carbonyl (C=O) groups excluding carboxylic acids is 1. The normalized spacial score (nSPS) is 12.1. The number of imidazole rings is 1. The third-order valence-electron chi connectivity index (χ3n) is 3.49. The van der Waals surface area contributed by atoms with E-state index in [4.69, 9.17) is 5.73 Å². The zero-order valence-corrected chi connectivity index (χ0v) is 12.6. The molecule has 1 heterocycles. The van der Waals surface area contributed by atoms with E-state index in [1.165, 1.54) is 5.56 Å². The number of nitrogens with zero attached hydrogens (tertiary/aromatic N) is 3. The maximum Gasteiger partial charge on any atom is 0.223 e. The van der Waals surface area contributed by atoms with Crippen LogP contribution in [-0.4, -0.2) is 34.5 Å². The van der Waals surface area contributed by atoms with Gasteiger partial charge in [-0.3, -0.25) is 4.79 Å². The Bertz CT molecular complexity index is 577. The van der Waals surface area contributed by atoms with Gasteiger partial charge in [-0.15, -0.1) is 0 Å². The predicted molar refractivity (Wildman–Crippen MR) is 82.6 cm³/mol. The van der Waals surface area contributed by atoms with Crippen LogP contribution in [0.25, 0.3) is 0 Å². The number of hydrogen-bond acceptors (Lipinski definition) is 3. The summed E-state index contributed by atoms with van der Waals surface area (Å²) in [6.45, 7) is 0.606. The SMILES string of the molecule is CN(C)C(=O)CCn1cncc1[C@H](N)Cc1ccccc1. The number of amides is 1. The summed E-state index contributed by atoms with van der Waals surface area (Å²) in [7, 11) is 3.52. The topological polar surface area (TPSA) is 64.2 Å². The lowest BCUT2D eigenvalue weighted by Crippen LogP contribution is -2.24. The van der Waals surface area contributed by atoms with Crippen molar-refractivity contribution >= 4 is 5.91 Å². The van der Waals surface area contributed by atoms with Crippen molar-refractivity contribution in [2.75, 3.05) is 14.1 Å². The number of hydrogen-bond donors (Lipinski definition) is 1. The molecule has 5 heteroatoms. The second kappa shape index (κ2) is 7.04. The van der Waals surface area contributed by atoms with E-state index in [1.807, 2.05) is 22.8 Å². The first-order chi connectivity index (χ1) is 10.1. The predicted octanol–water partition coefficient (Wildman–Crippen LogP) is 1.60. The minimum absolute atomic E-state index is 0.103. The molecule has 0 saturated carbocycles. The van der Waals surface area contributed by atoms with Crippen LogP contribution in [0.2, 0.25) is 0 Å². The Balaban J connectivity index is 2.00. The average Bonchev–Trinajstić information content (AvgIpc) is 2.94. The summed E-state index contributed by atoms with van der Waals surface area (Å²) >= 11 is 0. The summed E-state index contributed by atoms with van der Waals surface area (Å²) in [5.74, 6) is 0.103. The van der Waals surface area contributed by atoms with Gasteiger partial charge in [-0.2, -0.15) is 0 Å². The number of nitrogens with two attached hydrogens (primary N) is 1. The van der Waals surface area contributed by atoms with Gasteiger partial charge in [0.2, 0.25) is 5.91 Å². The maximum absolute atomic E-state index is 11.7. The van der Waals surface area contributed by atoms with E-state index in [-0.39, 0.29) is 11.9 Å². The van der Waals surface area contributed by atoms with Crippen molar-refractivity contribution in [3.05, 3.63) is 54.1 Å². The number of aromatic nitrogens is 2. The average molecular weight is 286 g/mol. The van der Waals surface area contributed by atoms with E-state index in [9.17, 15) is 4.79 Å². The highest BCUT2D eigenvalue weighted by Crippen LogP contribution is 2.16. The molecule has 0 fully saturated rings. The Labute approximate surface area is 125 Å². The molecule has 0 bridgehead atoms. The van der Waals surface area contributed by atoms with Crippen LogP contribution < -0.4 is 5.73 Å². The van der Waals surface area contributed by atoms with Gasteiger partial charge in [-0.25, -0.2) is 4.98 Å². The highest BCUT2D eigenvalue weighted by molar-refractivity contribution is 5.75. The van der Waals surface area contributed by atoms with Gasteiger partial charge in [0, 0.05) is 33.3 Å². The Morgan fingerprint density at radius 1 is 1.33 bits per heavy atom. The Morgan fingerprint density at radius 2 is 2.05 bits per heavy atom. The molecule has 5 nitrogen and oxygen atoms in total. The van der Waals surface area contributed by atoms with Crippen molar-refractivity contribution in [2.45, 2.75) is 25.4 Å². The lowest BCUT2D eigenvalue weighted by molar-refractivity contribution is -0.128. The van der Waals surface area contributed by atoms with Crippen LogP contribution >= 0.6 is 0 Å². The number of rotatable bonds is 6. The van der Waals surface area contributed by atoms with Crippen molar-refractivity contribution in [1.82, 2.24) is 14.5 Å². The second-order valence-electron chi connectivity index (χ2n) is 5.35. The molecule has 0 aliphatic rings. The van der Waals surface area contributed by atoms with Crippen LogP contribution in [0.4, 0.5) is 0 Å². The molecule has 1 aromatic carbocycles. The van der Waals surface area contributed by atoms with E-state index in [1.54, 1.807) is 31.5 Å². The first-order valence-electron chi connectivity index (χ1n) is 7.07. The maximum atomic E-state index is 11.7. The molecule has 1 amide bonds. The van der Waals surface area contributed by atoms with E-state index >= 15 is 0 Å². The van der Waals surface area contributed by atoms with Gasteiger partial charge < -0.3 is 15.2 Å². The molecule has 0 aliphatic heterocycles. The van der Waals surface area contributed by atoms with Gasteiger partial charge in [0.05, 0.1) is 18.1 Å². The van der Waals surface area contributed by atoms with Crippen LogP contribution in [-0.2, 0) is 17.8 Å². The first-order valence-corrected chi connectivity index (χ1v) is 7.07. The van der Waals surface area contributed by atoms with Crippen molar-refractivity contribution in [1.29, 1.82) is 0 Å². The molecule has 0 radical (unpaired) electrons. The van der Waals surface area contributed by atoms with E-state index in [0.717, 1.165) is 12.1 Å². The van der Waals surface area contributed by atoms with Crippen LogP contribution in [0.1, 0.15) is 23.7 Å². The largest absolute Gasteiger partial charge is 0.349 e. The molecule has 2 aromatic rings. The molecule has 1 atom stereocenters. The standard InChI is InChI=1S/C16H22N4O/c1-19(2)16(21)8-9-20-12-18-11-15(20)14(17)10-13-6-4-3-5-7-13/h3-7,11-12,14H,8-10,17H2,1-2H3/t14-/m1/s1. The minimum Gasteiger partial charge on any atom is -0.349 e. The lowest BCUT2D eigenvalue weighted by atomic mass is 10.0. The molecule has 0 unspecified atom stereocenters. The Hall–Kier alpha value is -2.14. The van der Waals surface area contributed by atoms with Gasteiger partial charge in [0.15, 0.2) is 0 Å². The fourth-order valence-electron chi connectivity index (χ4n) is 2.24. The first kappa shape index (κ1) is 15.3. The number of carbonyl (C=O) groups is 1. The highest BCUT2D eigenvalue weighted by atomic mass is 16.2. The lowest BCUT2D eigenvalue weighted by Gasteiger charge is -2.16. The van der Waals surface area contributed by atoms with Crippen molar-refractivity contribution in [3.8, 4) is 0 Å². The summed E-state index contributed by atoms with van der Waals surface area (Å²) in [6.07, 6.45) is 4.74. The van der Waals surface area contributed by atoms with Crippen molar-refractivity contribution < 1.29 is 4.79 Å². The van der Waals surface area contributed by atoms with Crippen LogP contribution in [0.3, 0.4) is 0 Å². The molecule has 21 heavy (non-hydrogen) atoms.